The Balaban J connectivity index is 1.94. The summed E-state index contributed by atoms with van der Waals surface area (Å²) in [4.78, 5) is 13.2. The Kier molecular flexibility index (Phi) is 9.88. The number of nitrogens with one attached hydrogen (secondary N) is 1. The molecule has 0 aliphatic carbocycles. The standard InChI is InChI=1S/C22H27ClN2O3S/c1-4-5-6-11-28-19-9-7-16(12-20(19)27-2)15-24-25-22(26)14-17-13-18(23)8-10-21(17)29-3/h7-10,12-13,15H,4-6,11,14H2,1-3H3,(H,25,26)/b24-15-. The van der Waals surface area contributed by atoms with Crippen LogP contribution in [-0.4, -0.2) is 32.1 Å². The van der Waals surface area contributed by atoms with E-state index in [2.05, 4.69) is 17.5 Å². The van der Waals surface area contributed by atoms with E-state index in [1.807, 2.05) is 36.6 Å². The zero-order valence-corrected chi connectivity index (χ0v) is 18.6. The first kappa shape index (κ1) is 23.1. The van der Waals surface area contributed by atoms with Crippen molar-refractivity contribution in [1.29, 1.82) is 0 Å². The summed E-state index contributed by atoms with van der Waals surface area (Å²) < 4.78 is 11.2. The molecule has 0 fully saturated rings. The average molecular weight is 435 g/mol. The molecule has 0 aliphatic heterocycles. The molecule has 0 spiro atoms. The summed E-state index contributed by atoms with van der Waals surface area (Å²) >= 11 is 7.62. The lowest BCUT2D eigenvalue weighted by molar-refractivity contribution is -0.120. The number of benzene rings is 2. The van der Waals surface area contributed by atoms with Gasteiger partial charge in [0.2, 0.25) is 5.91 Å². The van der Waals surface area contributed by atoms with Gasteiger partial charge >= 0.3 is 0 Å². The van der Waals surface area contributed by atoms with Crippen LogP contribution >= 0.6 is 23.4 Å². The SMILES string of the molecule is CCCCCOc1ccc(/C=N\NC(=O)Cc2cc(Cl)ccc2SC)cc1OC. The number of unbranched alkanes of at least 4 members (excludes halogenated alkanes) is 2. The molecule has 0 unspecified atom stereocenters. The van der Waals surface area contributed by atoms with Gasteiger partial charge in [-0.3, -0.25) is 4.79 Å². The quantitative estimate of drug-likeness (QED) is 0.224. The molecule has 2 aromatic rings. The molecular weight excluding hydrogens is 408 g/mol. The number of rotatable bonds is 11. The molecule has 2 aromatic carbocycles. The Bertz CT molecular complexity index is 843. The lowest BCUT2D eigenvalue weighted by atomic mass is 10.1. The predicted molar refractivity (Wildman–Crippen MR) is 121 cm³/mol. The highest BCUT2D eigenvalue weighted by Gasteiger charge is 2.08. The Morgan fingerprint density at radius 1 is 1.21 bits per heavy atom. The molecule has 1 N–H and O–H groups in total. The molecule has 7 heteroatoms. The molecule has 2 rings (SSSR count). The van der Waals surface area contributed by atoms with Gasteiger partial charge in [0, 0.05) is 9.92 Å². The fraction of sp³-hybridized carbons (Fsp3) is 0.364. The highest BCUT2D eigenvalue weighted by Crippen LogP contribution is 2.28. The first-order valence-corrected chi connectivity index (χ1v) is 11.1. The zero-order valence-electron chi connectivity index (χ0n) is 17.0. The van der Waals surface area contributed by atoms with E-state index in [1.54, 1.807) is 31.2 Å². The van der Waals surface area contributed by atoms with Gasteiger partial charge in [0.1, 0.15) is 0 Å². The van der Waals surface area contributed by atoms with Gasteiger partial charge in [0.25, 0.3) is 0 Å². The molecule has 0 saturated carbocycles. The van der Waals surface area contributed by atoms with Gasteiger partial charge in [0.05, 0.1) is 26.4 Å². The number of ether oxygens (including phenoxy) is 2. The van der Waals surface area contributed by atoms with Gasteiger partial charge in [-0.15, -0.1) is 11.8 Å². The van der Waals surface area contributed by atoms with Crippen molar-refractivity contribution in [1.82, 2.24) is 5.43 Å². The summed E-state index contributed by atoms with van der Waals surface area (Å²) in [5.74, 6) is 1.14. The number of thioether (sulfide) groups is 1. The third kappa shape index (κ3) is 7.63. The van der Waals surface area contributed by atoms with Crippen LogP contribution < -0.4 is 14.9 Å². The second kappa shape index (κ2) is 12.4. The Hall–Kier alpha value is -2.18. The van der Waals surface area contributed by atoms with Gasteiger partial charge in [-0.05, 0) is 60.2 Å². The van der Waals surface area contributed by atoms with Crippen molar-refractivity contribution >= 4 is 35.5 Å². The predicted octanol–water partition coefficient (Wildman–Crippen LogP) is 5.33. The van der Waals surface area contributed by atoms with Gasteiger partial charge in [-0.25, -0.2) is 5.43 Å². The third-order valence-electron chi connectivity index (χ3n) is 4.19. The zero-order chi connectivity index (χ0) is 21.1. The van der Waals surface area contributed by atoms with E-state index < -0.39 is 0 Å². The minimum absolute atomic E-state index is 0.207. The molecule has 156 valence electrons. The van der Waals surface area contributed by atoms with Gasteiger partial charge in [-0.2, -0.15) is 5.10 Å². The number of halogens is 1. The average Bonchev–Trinajstić information content (AvgIpc) is 2.72. The first-order chi connectivity index (χ1) is 14.1. The van der Waals surface area contributed by atoms with Crippen molar-refractivity contribution in [2.75, 3.05) is 20.0 Å². The first-order valence-electron chi connectivity index (χ1n) is 9.52. The highest BCUT2D eigenvalue weighted by molar-refractivity contribution is 7.98. The van der Waals surface area contributed by atoms with Gasteiger partial charge in [0.15, 0.2) is 11.5 Å². The number of amides is 1. The molecule has 0 radical (unpaired) electrons. The molecule has 0 aromatic heterocycles. The van der Waals surface area contributed by atoms with Gasteiger partial charge in [-0.1, -0.05) is 31.4 Å². The minimum atomic E-state index is -0.207. The van der Waals surface area contributed by atoms with Crippen LogP contribution in [0.5, 0.6) is 11.5 Å². The maximum Gasteiger partial charge on any atom is 0.244 e. The minimum Gasteiger partial charge on any atom is -0.493 e. The van der Waals surface area contributed by atoms with Crippen molar-refractivity contribution < 1.29 is 14.3 Å². The second-order valence-electron chi connectivity index (χ2n) is 6.39. The van der Waals surface area contributed by atoms with E-state index in [1.165, 1.54) is 0 Å². The molecule has 0 aliphatic rings. The van der Waals surface area contributed by atoms with Crippen molar-refractivity contribution in [2.24, 2.45) is 5.10 Å². The van der Waals surface area contributed by atoms with Crippen molar-refractivity contribution in [3.63, 3.8) is 0 Å². The fourth-order valence-electron chi connectivity index (χ4n) is 2.69. The topological polar surface area (TPSA) is 59.9 Å². The van der Waals surface area contributed by atoms with Crippen LogP contribution in [0, 0.1) is 0 Å². The monoisotopic (exact) mass is 434 g/mol. The Labute approximate surface area is 181 Å². The fourth-order valence-corrected chi connectivity index (χ4v) is 3.49. The van der Waals surface area contributed by atoms with E-state index in [9.17, 15) is 4.79 Å². The lowest BCUT2D eigenvalue weighted by Crippen LogP contribution is -2.20. The number of methoxy groups -OCH3 is 1. The Morgan fingerprint density at radius 3 is 2.76 bits per heavy atom. The van der Waals surface area contributed by atoms with Crippen LogP contribution in [0.4, 0.5) is 0 Å². The van der Waals surface area contributed by atoms with E-state index in [4.69, 9.17) is 21.1 Å². The number of hydrazone groups is 1. The van der Waals surface area contributed by atoms with Crippen molar-refractivity contribution in [3.8, 4) is 11.5 Å². The second-order valence-corrected chi connectivity index (χ2v) is 7.68. The van der Waals surface area contributed by atoms with E-state index in [-0.39, 0.29) is 12.3 Å². The third-order valence-corrected chi connectivity index (χ3v) is 5.26. The molecule has 0 atom stereocenters. The van der Waals surface area contributed by atoms with Crippen molar-refractivity contribution in [2.45, 2.75) is 37.5 Å². The number of nitrogens with zero attached hydrogens (tertiary/aromatic N) is 1. The Morgan fingerprint density at radius 2 is 2.03 bits per heavy atom. The summed E-state index contributed by atoms with van der Waals surface area (Å²) in [6, 6.07) is 11.1. The van der Waals surface area contributed by atoms with Crippen molar-refractivity contribution in [3.05, 3.63) is 52.5 Å². The van der Waals surface area contributed by atoms with Crippen LogP contribution in [-0.2, 0) is 11.2 Å². The number of hydrogen-bond donors (Lipinski definition) is 1. The van der Waals surface area contributed by atoms with Crippen LogP contribution in [0.2, 0.25) is 5.02 Å². The number of carbonyl (C=O) groups is 1. The van der Waals surface area contributed by atoms with E-state index in [0.717, 1.165) is 35.3 Å². The van der Waals surface area contributed by atoms with Gasteiger partial charge < -0.3 is 9.47 Å². The van der Waals surface area contributed by atoms with E-state index in [0.29, 0.717) is 23.1 Å². The van der Waals surface area contributed by atoms with Crippen LogP contribution in [0.15, 0.2) is 46.4 Å². The largest absolute Gasteiger partial charge is 0.493 e. The summed E-state index contributed by atoms with van der Waals surface area (Å²) in [5, 5.41) is 4.66. The van der Waals surface area contributed by atoms with E-state index >= 15 is 0 Å². The van der Waals surface area contributed by atoms with Crippen LogP contribution in [0.25, 0.3) is 0 Å². The van der Waals surface area contributed by atoms with Crippen LogP contribution in [0.3, 0.4) is 0 Å². The normalized spacial score (nSPS) is 10.9. The smallest absolute Gasteiger partial charge is 0.244 e. The number of hydrogen-bond acceptors (Lipinski definition) is 5. The molecule has 0 saturated heterocycles. The lowest BCUT2D eigenvalue weighted by Gasteiger charge is -2.11. The molecule has 1 amide bonds. The summed E-state index contributed by atoms with van der Waals surface area (Å²) in [6.07, 6.45) is 7.06. The molecule has 5 nitrogen and oxygen atoms in total. The summed E-state index contributed by atoms with van der Waals surface area (Å²) in [7, 11) is 1.60. The highest BCUT2D eigenvalue weighted by atomic mass is 35.5. The number of carbonyl (C=O) groups excluding carboxylic acids is 1. The molecule has 0 bridgehead atoms. The molecule has 0 heterocycles. The molecular formula is C22H27ClN2O3S. The maximum atomic E-state index is 12.2. The maximum absolute atomic E-state index is 12.2. The summed E-state index contributed by atoms with van der Waals surface area (Å²) in [6.45, 7) is 2.82. The summed E-state index contributed by atoms with van der Waals surface area (Å²) in [5.41, 5.74) is 4.24. The molecule has 29 heavy (non-hydrogen) atoms. The van der Waals surface area contributed by atoms with Crippen LogP contribution in [0.1, 0.15) is 37.3 Å².